The molecule has 1 rings (SSSR count). The van der Waals surface area contributed by atoms with Crippen LogP contribution < -0.4 is 0 Å². The highest BCUT2D eigenvalue weighted by atomic mass is 32.2. The molecular weight excluding hydrogens is 260 g/mol. The molecule has 0 aliphatic rings. The Balaban J connectivity index is 2.71. The van der Waals surface area contributed by atoms with Gasteiger partial charge in [0.1, 0.15) is 5.75 Å². The van der Waals surface area contributed by atoms with Gasteiger partial charge in [-0.05, 0) is 6.92 Å². The normalized spacial score (nSPS) is 13.8. The molecule has 0 aliphatic carbocycles. The van der Waals surface area contributed by atoms with E-state index in [0.29, 0.717) is 5.69 Å². The highest BCUT2D eigenvalue weighted by molar-refractivity contribution is 7.88. The number of carbonyl (C=O) groups is 1. The first-order valence-electron chi connectivity index (χ1n) is 5.31. The van der Waals surface area contributed by atoms with Gasteiger partial charge in [0.15, 0.2) is 5.76 Å². The monoisotopic (exact) mass is 276 g/mol. The Morgan fingerprint density at radius 3 is 2.67 bits per heavy atom. The van der Waals surface area contributed by atoms with E-state index in [4.69, 9.17) is 9.63 Å². The SMILES string of the molecule is Cc1cc(CS(=O)(=O)N(C)CC(C)C(=O)O)on1. The van der Waals surface area contributed by atoms with Gasteiger partial charge in [-0.2, -0.15) is 0 Å². The Morgan fingerprint density at radius 1 is 1.61 bits per heavy atom. The van der Waals surface area contributed by atoms with Crippen LogP contribution in [0.4, 0.5) is 0 Å². The number of carboxylic acid groups (broad SMARTS) is 1. The largest absolute Gasteiger partial charge is 0.481 e. The second-order valence-corrected chi connectivity index (χ2v) is 6.29. The van der Waals surface area contributed by atoms with E-state index in [0.717, 1.165) is 4.31 Å². The molecule has 1 N–H and O–H groups in total. The van der Waals surface area contributed by atoms with E-state index in [9.17, 15) is 13.2 Å². The van der Waals surface area contributed by atoms with Crippen molar-refractivity contribution in [1.29, 1.82) is 0 Å². The predicted molar refractivity (Wildman–Crippen MR) is 63.3 cm³/mol. The van der Waals surface area contributed by atoms with Crippen LogP contribution in [0.1, 0.15) is 18.4 Å². The highest BCUT2D eigenvalue weighted by Gasteiger charge is 2.24. The van der Waals surface area contributed by atoms with Crippen LogP contribution in [0.15, 0.2) is 10.6 Å². The summed E-state index contributed by atoms with van der Waals surface area (Å²) in [6.45, 7) is 3.06. The van der Waals surface area contributed by atoms with E-state index >= 15 is 0 Å². The maximum atomic E-state index is 11.9. The number of carboxylic acids is 1. The molecule has 0 aliphatic heterocycles. The van der Waals surface area contributed by atoms with Crippen LogP contribution in [-0.4, -0.2) is 42.5 Å². The number of hydrogen-bond acceptors (Lipinski definition) is 5. The zero-order valence-corrected chi connectivity index (χ0v) is 11.3. The lowest BCUT2D eigenvalue weighted by atomic mass is 10.2. The number of nitrogens with zero attached hydrogens (tertiary/aromatic N) is 2. The fourth-order valence-corrected chi connectivity index (χ4v) is 2.52. The molecule has 7 nitrogen and oxygen atoms in total. The predicted octanol–water partition coefficient (Wildman–Crippen LogP) is 0.465. The van der Waals surface area contributed by atoms with E-state index in [-0.39, 0.29) is 18.1 Å². The summed E-state index contributed by atoms with van der Waals surface area (Å²) in [6, 6.07) is 1.53. The summed E-state index contributed by atoms with van der Waals surface area (Å²) in [5.74, 6) is -1.88. The second kappa shape index (κ2) is 5.49. The summed E-state index contributed by atoms with van der Waals surface area (Å²) >= 11 is 0. The molecule has 0 bridgehead atoms. The van der Waals surface area contributed by atoms with E-state index in [1.807, 2.05) is 0 Å². The molecule has 1 unspecified atom stereocenters. The first-order chi connectivity index (χ1) is 8.22. The lowest BCUT2D eigenvalue weighted by molar-refractivity contribution is -0.141. The van der Waals surface area contributed by atoms with Gasteiger partial charge >= 0.3 is 5.97 Å². The fourth-order valence-electron chi connectivity index (χ4n) is 1.35. The van der Waals surface area contributed by atoms with Crippen molar-refractivity contribution in [1.82, 2.24) is 9.46 Å². The summed E-state index contributed by atoms with van der Waals surface area (Å²) in [6.07, 6.45) is 0. The van der Waals surface area contributed by atoms with Crippen LogP contribution in [0.2, 0.25) is 0 Å². The molecule has 1 heterocycles. The van der Waals surface area contributed by atoms with Crippen LogP contribution in [0.3, 0.4) is 0 Å². The topological polar surface area (TPSA) is 101 Å². The summed E-state index contributed by atoms with van der Waals surface area (Å²) in [7, 11) is -2.25. The minimum atomic E-state index is -3.59. The molecule has 102 valence electrons. The number of hydrogen-bond donors (Lipinski definition) is 1. The van der Waals surface area contributed by atoms with Gasteiger partial charge in [0.25, 0.3) is 0 Å². The molecule has 0 fully saturated rings. The molecule has 0 aromatic carbocycles. The molecule has 18 heavy (non-hydrogen) atoms. The van der Waals surface area contributed by atoms with Gasteiger partial charge in [-0.1, -0.05) is 12.1 Å². The summed E-state index contributed by atoms with van der Waals surface area (Å²) in [4.78, 5) is 10.7. The fraction of sp³-hybridized carbons (Fsp3) is 0.600. The third kappa shape index (κ3) is 3.81. The summed E-state index contributed by atoms with van der Waals surface area (Å²) in [5.41, 5.74) is 0.599. The third-order valence-electron chi connectivity index (χ3n) is 2.43. The lowest BCUT2D eigenvalue weighted by Gasteiger charge is -2.18. The van der Waals surface area contributed by atoms with Crippen molar-refractivity contribution in [3.63, 3.8) is 0 Å². The Labute approximate surface area is 105 Å². The summed E-state index contributed by atoms with van der Waals surface area (Å²) in [5, 5.41) is 12.3. The average Bonchev–Trinajstić information content (AvgIpc) is 2.62. The van der Waals surface area contributed by atoms with E-state index in [1.165, 1.54) is 20.0 Å². The minimum Gasteiger partial charge on any atom is -0.481 e. The van der Waals surface area contributed by atoms with Gasteiger partial charge in [-0.3, -0.25) is 4.79 Å². The second-order valence-electron chi connectivity index (χ2n) is 4.21. The van der Waals surface area contributed by atoms with Gasteiger partial charge < -0.3 is 9.63 Å². The third-order valence-corrected chi connectivity index (χ3v) is 4.18. The maximum absolute atomic E-state index is 11.9. The van der Waals surface area contributed by atoms with Crippen molar-refractivity contribution in [2.45, 2.75) is 19.6 Å². The molecule has 0 saturated heterocycles. The molecular formula is C10H16N2O5S. The van der Waals surface area contributed by atoms with Gasteiger partial charge in [0.05, 0.1) is 11.6 Å². The first-order valence-corrected chi connectivity index (χ1v) is 6.92. The molecule has 8 heteroatoms. The number of aryl methyl sites for hydroxylation is 1. The van der Waals surface area contributed by atoms with Crippen molar-refractivity contribution < 1.29 is 22.8 Å². The van der Waals surface area contributed by atoms with Gasteiger partial charge in [0.2, 0.25) is 10.0 Å². The Bertz CT molecular complexity index is 522. The van der Waals surface area contributed by atoms with Gasteiger partial charge in [-0.25, -0.2) is 12.7 Å². The van der Waals surface area contributed by atoms with Crippen LogP contribution >= 0.6 is 0 Å². The van der Waals surface area contributed by atoms with E-state index in [1.54, 1.807) is 6.92 Å². The highest BCUT2D eigenvalue weighted by Crippen LogP contribution is 2.12. The Hall–Kier alpha value is -1.41. The van der Waals surface area contributed by atoms with Crippen LogP contribution in [0.25, 0.3) is 0 Å². The summed E-state index contributed by atoms with van der Waals surface area (Å²) < 4.78 is 29.7. The molecule has 0 radical (unpaired) electrons. The standard InChI is InChI=1S/C10H16N2O5S/c1-7(10(13)14)5-12(3)18(15,16)6-9-4-8(2)11-17-9/h4,7H,5-6H2,1-3H3,(H,13,14). The molecule has 0 amide bonds. The molecule has 1 atom stereocenters. The van der Waals surface area contributed by atoms with Crippen LogP contribution in [0.5, 0.6) is 0 Å². The molecule has 1 aromatic rings. The quantitative estimate of drug-likeness (QED) is 0.810. The van der Waals surface area contributed by atoms with Crippen molar-refractivity contribution in [2.75, 3.05) is 13.6 Å². The maximum Gasteiger partial charge on any atom is 0.307 e. The number of rotatable bonds is 6. The Kier molecular flexibility index (Phi) is 4.47. The van der Waals surface area contributed by atoms with Crippen LogP contribution in [-0.2, 0) is 20.6 Å². The number of aromatic nitrogens is 1. The van der Waals surface area contributed by atoms with Crippen molar-refractivity contribution in [2.24, 2.45) is 5.92 Å². The van der Waals surface area contributed by atoms with Crippen LogP contribution in [0, 0.1) is 12.8 Å². The lowest BCUT2D eigenvalue weighted by Crippen LogP contribution is -2.34. The van der Waals surface area contributed by atoms with E-state index in [2.05, 4.69) is 5.16 Å². The Morgan fingerprint density at radius 2 is 2.22 bits per heavy atom. The number of sulfonamides is 1. The van der Waals surface area contributed by atoms with Crippen molar-refractivity contribution in [3.8, 4) is 0 Å². The smallest absolute Gasteiger partial charge is 0.307 e. The zero-order chi connectivity index (χ0) is 13.9. The average molecular weight is 276 g/mol. The molecule has 1 aromatic heterocycles. The minimum absolute atomic E-state index is 0.0786. The first kappa shape index (κ1) is 14.7. The number of aliphatic carboxylic acids is 1. The van der Waals surface area contributed by atoms with E-state index < -0.39 is 21.9 Å². The van der Waals surface area contributed by atoms with Gasteiger partial charge in [0, 0.05) is 19.7 Å². The molecule has 0 saturated carbocycles. The van der Waals surface area contributed by atoms with Crippen molar-refractivity contribution >= 4 is 16.0 Å². The molecule has 0 spiro atoms. The van der Waals surface area contributed by atoms with Crippen molar-refractivity contribution in [3.05, 3.63) is 17.5 Å². The van der Waals surface area contributed by atoms with Gasteiger partial charge in [-0.15, -0.1) is 0 Å². The zero-order valence-electron chi connectivity index (χ0n) is 10.5.